The molecule has 2 aromatic carbocycles. The van der Waals surface area contributed by atoms with Crippen molar-refractivity contribution in [3.63, 3.8) is 0 Å². The van der Waals surface area contributed by atoms with Crippen LogP contribution >= 0.6 is 0 Å². The lowest BCUT2D eigenvalue weighted by Crippen LogP contribution is -2.59. The van der Waals surface area contributed by atoms with E-state index in [0.717, 1.165) is 17.3 Å². The van der Waals surface area contributed by atoms with E-state index in [1.165, 1.54) is 0 Å². The Labute approximate surface area is 210 Å². The van der Waals surface area contributed by atoms with Crippen molar-refractivity contribution in [2.45, 2.75) is 45.3 Å². The molecule has 2 fully saturated rings. The number of methoxy groups -OCH3 is 1. The van der Waals surface area contributed by atoms with Gasteiger partial charge in [0.15, 0.2) is 0 Å². The summed E-state index contributed by atoms with van der Waals surface area (Å²) in [6, 6.07) is 15.8. The van der Waals surface area contributed by atoms with Crippen molar-refractivity contribution >= 4 is 28.6 Å². The number of ether oxygens (including phenoxy) is 1. The zero-order chi connectivity index (χ0) is 25.6. The Balaban J connectivity index is 1.28. The molecule has 8 nitrogen and oxygen atoms in total. The van der Waals surface area contributed by atoms with Crippen LogP contribution in [0.3, 0.4) is 0 Å². The van der Waals surface area contributed by atoms with Gasteiger partial charge in [-0.3, -0.25) is 14.4 Å². The van der Waals surface area contributed by atoms with Gasteiger partial charge in [-0.05, 0) is 48.2 Å². The Kier molecular flexibility index (Phi) is 5.98. The van der Waals surface area contributed by atoms with Gasteiger partial charge >= 0.3 is 0 Å². The summed E-state index contributed by atoms with van der Waals surface area (Å²) in [6.45, 7) is 6.83. The third-order valence-corrected chi connectivity index (χ3v) is 7.28. The smallest absolute Gasteiger partial charge is 0.268 e. The summed E-state index contributed by atoms with van der Waals surface area (Å²) in [5.74, 6) is 0.266. The molecule has 8 heteroatoms. The molecule has 2 aliphatic heterocycles. The standard InChI is InChI=1S/C28H32N4O4/c1-28(2,3)24(30-25(33)23-13-18-7-5-6-8-22(18)29-23)27(35)32-16-19-14-20(32)15-31(19)26(34)17-9-11-21(36-4)12-10-17/h5-13,19-20,24,29H,14-16H2,1-4H3,(H,30,33)/t19-,20-,24+/m0/s1. The van der Waals surface area contributed by atoms with Gasteiger partial charge in [-0.15, -0.1) is 0 Å². The summed E-state index contributed by atoms with van der Waals surface area (Å²) in [7, 11) is 1.59. The molecule has 3 aromatic rings. The average Bonchev–Trinajstić information content (AvgIpc) is 3.59. The Morgan fingerprint density at radius 1 is 1.00 bits per heavy atom. The van der Waals surface area contributed by atoms with Gasteiger partial charge in [0.05, 0.1) is 19.2 Å². The highest BCUT2D eigenvalue weighted by atomic mass is 16.5. The average molecular weight is 489 g/mol. The number of piperazine rings is 1. The van der Waals surface area contributed by atoms with Crippen LogP contribution in [0.1, 0.15) is 48.0 Å². The van der Waals surface area contributed by atoms with Gasteiger partial charge in [0.2, 0.25) is 5.91 Å². The zero-order valence-corrected chi connectivity index (χ0v) is 21.1. The number of para-hydroxylation sites is 1. The molecule has 0 aliphatic carbocycles. The number of fused-ring (bicyclic) bond motifs is 3. The molecule has 0 unspecified atom stereocenters. The predicted octanol–water partition coefficient (Wildman–Crippen LogP) is 3.45. The van der Waals surface area contributed by atoms with Crippen LogP contribution in [-0.4, -0.2) is 70.8 Å². The Morgan fingerprint density at radius 2 is 1.67 bits per heavy atom. The summed E-state index contributed by atoms with van der Waals surface area (Å²) in [6.07, 6.45) is 0.750. The number of hydrogen-bond acceptors (Lipinski definition) is 4. The second-order valence-electron chi connectivity index (χ2n) is 10.8. The van der Waals surface area contributed by atoms with E-state index in [2.05, 4.69) is 10.3 Å². The van der Waals surface area contributed by atoms with Crippen molar-refractivity contribution in [1.29, 1.82) is 0 Å². The first-order valence-electron chi connectivity index (χ1n) is 12.3. The molecule has 1 aromatic heterocycles. The molecule has 0 spiro atoms. The van der Waals surface area contributed by atoms with Crippen LogP contribution in [0.15, 0.2) is 54.6 Å². The van der Waals surface area contributed by atoms with Crippen molar-refractivity contribution in [2.24, 2.45) is 5.41 Å². The number of amides is 3. The van der Waals surface area contributed by atoms with E-state index in [9.17, 15) is 14.4 Å². The van der Waals surface area contributed by atoms with E-state index in [1.54, 1.807) is 37.4 Å². The number of carbonyl (C=O) groups excluding carboxylic acids is 3. The molecule has 36 heavy (non-hydrogen) atoms. The van der Waals surface area contributed by atoms with Crippen LogP contribution in [0, 0.1) is 5.41 Å². The summed E-state index contributed by atoms with van der Waals surface area (Å²) in [5.41, 5.74) is 1.43. The van der Waals surface area contributed by atoms with Gasteiger partial charge in [0, 0.05) is 29.6 Å². The Bertz CT molecular complexity index is 1270. The molecule has 3 heterocycles. The molecule has 3 atom stereocenters. The second-order valence-corrected chi connectivity index (χ2v) is 10.8. The van der Waals surface area contributed by atoms with Crippen molar-refractivity contribution in [2.75, 3.05) is 20.2 Å². The first kappa shape index (κ1) is 23.9. The molecule has 2 N–H and O–H groups in total. The zero-order valence-electron chi connectivity index (χ0n) is 21.1. The largest absolute Gasteiger partial charge is 0.497 e. The topological polar surface area (TPSA) is 94.7 Å². The quantitative estimate of drug-likeness (QED) is 0.575. The highest BCUT2D eigenvalue weighted by molar-refractivity contribution is 6.00. The van der Waals surface area contributed by atoms with Crippen LogP contribution < -0.4 is 10.1 Å². The third-order valence-electron chi connectivity index (χ3n) is 7.28. The van der Waals surface area contributed by atoms with E-state index in [4.69, 9.17) is 4.74 Å². The van der Waals surface area contributed by atoms with E-state index in [1.807, 2.05) is 54.8 Å². The summed E-state index contributed by atoms with van der Waals surface area (Å²) in [4.78, 5) is 46.8. The molecule has 2 aliphatic rings. The van der Waals surface area contributed by atoms with Crippen molar-refractivity contribution in [3.05, 3.63) is 65.9 Å². The van der Waals surface area contributed by atoms with Crippen molar-refractivity contribution in [3.8, 4) is 5.75 Å². The lowest BCUT2D eigenvalue weighted by atomic mass is 9.85. The fraction of sp³-hybridized carbons (Fsp3) is 0.393. The van der Waals surface area contributed by atoms with Gasteiger partial charge in [-0.25, -0.2) is 0 Å². The van der Waals surface area contributed by atoms with Gasteiger partial charge < -0.3 is 24.8 Å². The molecule has 3 amide bonds. The monoisotopic (exact) mass is 488 g/mol. The minimum absolute atomic E-state index is 0.0291. The van der Waals surface area contributed by atoms with Crippen LogP contribution in [0.4, 0.5) is 0 Å². The minimum Gasteiger partial charge on any atom is -0.497 e. The number of H-pyrrole nitrogens is 1. The maximum absolute atomic E-state index is 13.7. The minimum atomic E-state index is -0.693. The normalized spacial score (nSPS) is 20.0. The van der Waals surface area contributed by atoms with Gasteiger partial charge in [0.25, 0.3) is 11.8 Å². The molecule has 5 rings (SSSR count). The number of aromatic nitrogens is 1. The molecular formula is C28H32N4O4. The SMILES string of the molecule is COc1ccc(C(=O)N2C[C@@H]3C[C@H]2CN3C(=O)[C@@H](NC(=O)c2cc3ccccc3[nH]2)C(C)(C)C)cc1. The van der Waals surface area contributed by atoms with Crippen LogP contribution in [0.25, 0.3) is 10.9 Å². The maximum atomic E-state index is 13.7. The lowest BCUT2D eigenvalue weighted by molar-refractivity contribution is -0.138. The number of carbonyl (C=O) groups is 3. The number of hydrogen-bond donors (Lipinski definition) is 2. The highest BCUT2D eigenvalue weighted by Gasteiger charge is 2.49. The summed E-state index contributed by atoms with van der Waals surface area (Å²) >= 11 is 0. The molecule has 0 radical (unpaired) electrons. The van der Waals surface area contributed by atoms with Crippen LogP contribution in [0.2, 0.25) is 0 Å². The first-order valence-corrected chi connectivity index (χ1v) is 12.3. The highest BCUT2D eigenvalue weighted by Crippen LogP contribution is 2.34. The number of benzene rings is 2. The number of likely N-dealkylation sites (tertiary alicyclic amines) is 2. The van der Waals surface area contributed by atoms with Gasteiger partial charge in [-0.1, -0.05) is 39.0 Å². The van der Waals surface area contributed by atoms with E-state index < -0.39 is 11.5 Å². The Morgan fingerprint density at radius 3 is 2.28 bits per heavy atom. The molecule has 0 saturated carbocycles. The summed E-state index contributed by atoms with van der Waals surface area (Å²) < 4.78 is 5.18. The molecule has 2 bridgehead atoms. The molecular weight excluding hydrogens is 456 g/mol. The number of rotatable bonds is 5. The third kappa shape index (κ3) is 4.32. The predicted molar refractivity (Wildman–Crippen MR) is 137 cm³/mol. The summed E-state index contributed by atoms with van der Waals surface area (Å²) in [5, 5.41) is 3.93. The van der Waals surface area contributed by atoms with Crippen molar-refractivity contribution < 1.29 is 19.1 Å². The maximum Gasteiger partial charge on any atom is 0.268 e. The number of nitrogens with zero attached hydrogens (tertiary/aromatic N) is 2. The van der Waals surface area contributed by atoms with Crippen LogP contribution in [0.5, 0.6) is 5.75 Å². The van der Waals surface area contributed by atoms with Gasteiger partial charge in [-0.2, -0.15) is 0 Å². The number of nitrogens with one attached hydrogen (secondary N) is 2. The van der Waals surface area contributed by atoms with Crippen LogP contribution in [-0.2, 0) is 4.79 Å². The molecule has 2 saturated heterocycles. The van der Waals surface area contributed by atoms with E-state index in [0.29, 0.717) is 30.1 Å². The van der Waals surface area contributed by atoms with E-state index >= 15 is 0 Å². The second kappa shape index (κ2) is 9.00. The first-order chi connectivity index (χ1) is 17.2. The fourth-order valence-electron chi connectivity index (χ4n) is 5.30. The molecule has 188 valence electrons. The van der Waals surface area contributed by atoms with Gasteiger partial charge in [0.1, 0.15) is 17.5 Å². The Hall–Kier alpha value is -3.81. The number of aromatic amines is 1. The lowest BCUT2D eigenvalue weighted by Gasteiger charge is -2.39. The van der Waals surface area contributed by atoms with E-state index in [-0.39, 0.29) is 29.8 Å². The van der Waals surface area contributed by atoms with Crippen molar-refractivity contribution in [1.82, 2.24) is 20.1 Å². The fourth-order valence-corrected chi connectivity index (χ4v) is 5.30.